The topological polar surface area (TPSA) is 84.1 Å². The number of pyridine rings is 1. The highest BCUT2D eigenvalue weighted by Crippen LogP contribution is 2.35. The number of aromatic amines is 1. The van der Waals surface area contributed by atoms with E-state index in [2.05, 4.69) is 31.9 Å². The lowest BCUT2D eigenvalue weighted by atomic mass is 10.1. The molecule has 4 heterocycles. The van der Waals surface area contributed by atoms with Crippen LogP contribution in [0.2, 0.25) is 0 Å². The van der Waals surface area contributed by atoms with Gasteiger partial charge in [0, 0.05) is 65.5 Å². The molecular weight excluding hydrogens is 392 g/mol. The number of H-pyrrole nitrogens is 1. The quantitative estimate of drug-likeness (QED) is 0.443. The van der Waals surface area contributed by atoms with Gasteiger partial charge in [-0.15, -0.1) is 0 Å². The average molecular weight is 419 g/mol. The lowest BCUT2D eigenvalue weighted by Crippen LogP contribution is -2.29. The van der Waals surface area contributed by atoms with E-state index in [0.717, 1.165) is 49.8 Å². The summed E-state index contributed by atoms with van der Waals surface area (Å²) in [7, 11) is 7.54. The number of aromatic nitrogens is 5. The lowest BCUT2D eigenvalue weighted by Gasteiger charge is -2.17. The monoisotopic (exact) mass is 418 g/mol. The first-order valence-electron chi connectivity index (χ1n) is 10.2. The van der Waals surface area contributed by atoms with Crippen LogP contribution >= 0.6 is 0 Å². The maximum absolute atomic E-state index is 10.5. The third-order valence-electron chi connectivity index (χ3n) is 5.71. The fourth-order valence-electron chi connectivity index (χ4n) is 4.36. The van der Waals surface area contributed by atoms with E-state index in [0.29, 0.717) is 13.1 Å². The Bertz CT molecular complexity index is 1390. The van der Waals surface area contributed by atoms with Crippen LogP contribution < -0.4 is 4.74 Å². The average Bonchev–Trinajstić information content (AvgIpc) is 3.42. The van der Waals surface area contributed by atoms with Gasteiger partial charge in [0.05, 0.1) is 24.9 Å². The fourth-order valence-corrected chi connectivity index (χ4v) is 4.36. The molecule has 1 aromatic carbocycles. The highest BCUT2D eigenvalue weighted by atomic mass is 16.5. The van der Waals surface area contributed by atoms with Crippen LogP contribution in [0.3, 0.4) is 0 Å². The molecule has 1 atom stereocenters. The molecule has 0 saturated heterocycles. The predicted octanol–water partition coefficient (Wildman–Crippen LogP) is 3.00. The largest absolute Gasteiger partial charge is 0.497 e. The van der Waals surface area contributed by atoms with Gasteiger partial charge in [0.15, 0.2) is 0 Å². The Morgan fingerprint density at radius 3 is 2.81 bits per heavy atom. The van der Waals surface area contributed by atoms with Crippen molar-refractivity contribution in [1.82, 2.24) is 29.2 Å². The number of fused-ring (bicyclic) bond motifs is 4. The molecule has 5 rings (SSSR count). The van der Waals surface area contributed by atoms with Gasteiger partial charge >= 0.3 is 0 Å². The van der Waals surface area contributed by atoms with E-state index in [4.69, 9.17) is 4.74 Å². The number of hydrogen-bond acceptors (Lipinski definition) is 5. The maximum atomic E-state index is 10.5. The SMILES string of the molecule is COc1ccc2c(c1)c(-c1cc3c(ncc4cnn(C)c43)[nH]1)cn2CC(O)CN(C)C. The minimum atomic E-state index is -0.473. The number of likely N-dealkylation sites (N-methyl/N-ethyl adjacent to an activating group) is 1. The van der Waals surface area contributed by atoms with Gasteiger partial charge in [-0.3, -0.25) is 4.68 Å². The van der Waals surface area contributed by atoms with Crippen molar-refractivity contribution in [3.8, 4) is 17.0 Å². The summed E-state index contributed by atoms with van der Waals surface area (Å²) in [6.45, 7) is 1.10. The number of ether oxygens (including phenoxy) is 1. The predicted molar refractivity (Wildman–Crippen MR) is 122 cm³/mol. The van der Waals surface area contributed by atoms with Gasteiger partial charge in [-0.25, -0.2) is 4.98 Å². The molecule has 0 fully saturated rings. The fraction of sp³-hybridized carbons (Fsp3) is 0.304. The number of aliphatic hydroxyl groups excluding tert-OH is 1. The van der Waals surface area contributed by atoms with Crippen LogP contribution in [0.1, 0.15) is 0 Å². The summed E-state index contributed by atoms with van der Waals surface area (Å²) in [5, 5.41) is 18.0. The molecule has 0 aliphatic carbocycles. The minimum absolute atomic E-state index is 0.473. The van der Waals surface area contributed by atoms with Crippen LogP contribution in [-0.4, -0.2) is 68.2 Å². The summed E-state index contributed by atoms with van der Waals surface area (Å²) in [6, 6.07) is 8.16. The molecule has 5 aromatic rings. The molecule has 0 radical (unpaired) electrons. The summed E-state index contributed by atoms with van der Waals surface area (Å²) >= 11 is 0. The first kappa shape index (κ1) is 19.6. The van der Waals surface area contributed by atoms with Crippen molar-refractivity contribution in [2.24, 2.45) is 7.05 Å². The van der Waals surface area contributed by atoms with Gasteiger partial charge in [-0.2, -0.15) is 5.10 Å². The normalized spacial score (nSPS) is 13.1. The second-order valence-electron chi connectivity index (χ2n) is 8.27. The van der Waals surface area contributed by atoms with E-state index in [1.165, 1.54) is 0 Å². The molecule has 2 N–H and O–H groups in total. The van der Waals surface area contributed by atoms with E-state index in [9.17, 15) is 5.11 Å². The Hall–Kier alpha value is -3.36. The van der Waals surface area contributed by atoms with Crippen LogP contribution in [-0.2, 0) is 13.6 Å². The van der Waals surface area contributed by atoms with E-state index < -0.39 is 6.10 Å². The smallest absolute Gasteiger partial charge is 0.139 e. The van der Waals surface area contributed by atoms with Gasteiger partial charge in [-0.05, 0) is 38.4 Å². The van der Waals surface area contributed by atoms with E-state index in [-0.39, 0.29) is 0 Å². The molecule has 160 valence electrons. The Balaban J connectivity index is 1.68. The van der Waals surface area contributed by atoms with E-state index >= 15 is 0 Å². The molecule has 0 spiro atoms. The van der Waals surface area contributed by atoms with Crippen LogP contribution in [0.15, 0.2) is 42.9 Å². The van der Waals surface area contributed by atoms with Gasteiger partial charge in [-0.1, -0.05) is 0 Å². The van der Waals surface area contributed by atoms with Crippen LogP contribution in [0.5, 0.6) is 5.75 Å². The van der Waals surface area contributed by atoms with Crippen molar-refractivity contribution in [2.75, 3.05) is 27.7 Å². The second-order valence-corrected chi connectivity index (χ2v) is 8.27. The molecular formula is C23H26N6O2. The molecule has 8 nitrogen and oxygen atoms in total. The molecule has 8 heteroatoms. The third kappa shape index (κ3) is 3.34. The van der Waals surface area contributed by atoms with Crippen molar-refractivity contribution >= 4 is 32.8 Å². The summed E-state index contributed by atoms with van der Waals surface area (Å²) in [6.07, 6.45) is 5.29. The highest BCUT2D eigenvalue weighted by molar-refractivity contribution is 6.06. The zero-order valence-electron chi connectivity index (χ0n) is 18.1. The van der Waals surface area contributed by atoms with Gasteiger partial charge in [0.1, 0.15) is 11.4 Å². The summed E-state index contributed by atoms with van der Waals surface area (Å²) < 4.78 is 9.46. The Morgan fingerprint density at radius 1 is 1.19 bits per heavy atom. The molecule has 0 amide bonds. The van der Waals surface area contributed by atoms with Crippen molar-refractivity contribution in [3.63, 3.8) is 0 Å². The molecule has 0 aliphatic heterocycles. The van der Waals surface area contributed by atoms with Crippen LogP contribution in [0.25, 0.3) is 44.1 Å². The number of benzene rings is 1. The molecule has 0 bridgehead atoms. The van der Waals surface area contributed by atoms with Crippen LogP contribution in [0, 0.1) is 0 Å². The van der Waals surface area contributed by atoms with Crippen molar-refractivity contribution in [1.29, 1.82) is 0 Å². The van der Waals surface area contributed by atoms with Gasteiger partial charge < -0.3 is 24.3 Å². The van der Waals surface area contributed by atoms with E-state index in [1.54, 1.807) is 7.11 Å². The maximum Gasteiger partial charge on any atom is 0.139 e. The first-order valence-corrected chi connectivity index (χ1v) is 10.2. The molecule has 31 heavy (non-hydrogen) atoms. The summed E-state index contributed by atoms with van der Waals surface area (Å²) in [4.78, 5) is 10.0. The van der Waals surface area contributed by atoms with Crippen molar-refractivity contribution < 1.29 is 9.84 Å². The minimum Gasteiger partial charge on any atom is -0.497 e. The van der Waals surface area contributed by atoms with Gasteiger partial charge in [0.2, 0.25) is 0 Å². The Morgan fingerprint density at radius 2 is 2.03 bits per heavy atom. The lowest BCUT2D eigenvalue weighted by molar-refractivity contribution is 0.121. The summed E-state index contributed by atoms with van der Waals surface area (Å²) in [5.41, 5.74) is 4.93. The Labute approximate surface area is 179 Å². The standard InChI is InChI=1S/C23H26N6O2/c1-27(2)11-15(30)12-29-13-19(17-7-16(31-4)5-6-21(17)29)20-8-18-22-14(10-25-28(22)3)9-24-23(18)26-20/h5-10,13,15,30H,11-12H2,1-4H3,(H,24,26). The highest BCUT2D eigenvalue weighted by Gasteiger charge is 2.17. The Kier molecular flexibility index (Phi) is 4.68. The van der Waals surface area contributed by atoms with Gasteiger partial charge in [0.25, 0.3) is 0 Å². The number of nitrogens with zero attached hydrogens (tertiary/aromatic N) is 5. The second kappa shape index (κ2) is 7.40. The number of rotatable bonds is 6. The number of aliphatic hydroxyl groups is 1. The summed E-state index contributed by atoms with van der Waals surface area (Å²) in [5.74, 6) is 0.795. The first-order chi connectivity index (χ1) is 14.9. The molecule has 0 saturated carbocycles. The zero-order valence-corrected chi connectivity index (χ0v) is 18.1. The zero-order chi connectivity index (χ0) is 21.7. The number of hydrogen-bond donors (Lipinski definition) is 2. The van der Waals surface area contributed by atoms with E-state index in [1.807, 2.05) is 61.3 Å². The number of nitrogens with one attached hydrogen (secondary N) is 1. The molecule has 4 aromatic heterocycles. The third-order valence-corrected chi connectivity index (χ3v) is 5.71. The van der Waals surface area contributed by atoms with Crippen LogP contribution in [0.4, 0.5) is 0 Å². The number of methoxy groups -OCH3 is 1. The number of aryl methyl sites for hydroxylation is 1. The van der Waals surface area contributed by atoms with Crippen molar-refractivity contribution in [2.45, 2.75) is 12.6 Å². The molecule has 0 aliphatic rings. The van der Waals surface area contributed by atoms with Crippen molar-refractivity contribution in [3.05, 3.63) is 42.9 Å². The molecule has 1 unspecified atom stereocenters.